The van der Waals surface area contributed by atoms with Gasteiger partial charge in [0, 0.05) is 23.0 Å². The van der Waals surface area contributed by atoms with Gasteiger partial charge in [-0.2, -0.15) is 0 Å². The average Bonchev–Trinajstić information content (AvgIpc) is 2.71. The van der Waals surface area contributed by atoms with Crippen molar-refractivity contribution in [2.75, 3.05) is 23.8 Å². The number of carbonyl (C=O) groups excluding carboxylic acids is 3. The highest BCUT2D eigenvalue weighted by molar-refractivity contribution is 5.96. The van der Waals surface area contributed by atoms with Crippen molar-refractivity contribution in [3.05, 3.63) is 59.7 Å². The second-order valence-electron chi connectivity index (χ2n) is 6.82. The van der Waals surface area contributed by atoms with E-state index in [9.17, 15) is 14.4 Å². The Balaban J connectivity index is 1.82. The van der Waals surface area contributed by atoms with Gasteiger partial charge in [-0.3, -0.25) is 9.59 Å². The highest BCUT2D eigenvalue weighted by Gasteiger charge is 2.09. The van der Waals surface area contributed by atoms with Crippen LogP contribution in [0.4, 0.5) is 11.4 Å². The molecule has 2 amide bonds. The molecule has 0 saturated carbocycles. The molecule has 0 aliphatic rings. The van der Waals surface area contributed by atoms with Crippen LogP contribution < -0.4 is 16.0 Å². The number of hydrogen-bond donors (Lipinski definition) is 3. The normalized spacial score (nSPS) is 10.3. The third kappa shape index (κ3) is 7.29. The SMILES string of the molecule is CCCOC(=O)c1ccc(NC(=O)CNc2ccc(C(=O)NC(C)C)cc2)cc1. The van der Waals surface area contributed by atoms with Crippen LogP contribution in [-0.2, 0) is 9.53 Å². The first-order chi connectivity index (χ1) is 13.9. The molecule has 0 aliphatic heterocycles. The maximum atomic E-state index is 12.1. The third-order valence-corrected chi connectivity index (χ3v) is 3.86. The topological polar surface area (TPSA) is 96.5 Å². The van der Waals surface area contributed by atoms with Crippen LogP contribution in [0.3, 0.4) is 0 Å². The van der Waals surface area contributed by atoms with Crippen molar-refractivity contribution in [2.24, 2.45) is 0 Å². The number of rotatable bonds is 9. The third-order valence-electron chi connectivity index (χ3n) is 3.86. The van der Waals surface area contributed by atoms with Crippen molar-refractivity contribution in [3.8, 4) is 0 Å². The molecular weight excluding hydrogens is 370 g/mol. The number of carbonyl (C=O) groups is 3. The number of esters is 1. The second-order valence-corrected chi connectivity index (χ2v) is 6.82. The molecular formula is C22H27N3O4. The molecule has 0 saturated heterocycles. The smallest absolute Gasteiger partial charge is 0.338 e. The molecule has 0 aliphatic carbocycles. The van der Waals surface area contributed by atoms with E-state index in [0.29, 0.717) is 23.4 Å². The maximum absolute atomic E-state index is 12.1. The minimum absolute atomic E-state index is 0.0673. The van der Waals surface area contributed by atoms with Gasteiger partial charge in [-0.15, -0.1) is 0 Å². The van der Waals surface area contributed by atoms with Crippen molar-refractivity contribution in [2.45, 2.75) is 33.2 Å². The monoisotopic (exact) mass is 397 g/mol. The molecule has 0 radical (unpaired) electrons. The fourth-order valence-corrected chi connectivity index (χ4v) is 2.44. The van der Waals surface area contributed by atoms with Gasteiger partial charge in [-0.25, -0.2) is 4.79 Å². The summed E-state index contributed by atoms with van der Waals surface area (Å²) in [5, 5.41) is 8.59. The first kappa shape index (κ1) is 21.9. The number of ether oxygens (including phenoxy) is 1. The summed E-state index contributed by atoms with van der Waals surface area (Å²) in [6.45, 7) is 6.18. The highest BCUT2D eigenvalue weighted by atomic mass is 16.5. The molecule has 7 heteroatoms. The van der Waals surface area contributed by atoms with Gasteiger partial charge >= 0.3 is 5.97 Å². The number of hydrogen-bond acceptors (Lipinski definition) is 5. The summed E-state index contributed by atoms with van der Waals surface area (Å²) in [5.41, 5.74) is 2.32. The number of amides is 2. The van der Waals surface area contributed by atoms with Crippen molar-refractivity contribution >= 4 is 29.2 Å². The van der Waals surface area contributed by atoms with Crippen LogP contribution in [0.1, 0.15) is 47.9 Å². The van der Waals surface area contributed by atoms with Gasteiger partial charge in [0.2, 0.25) is 5.91 Å². The fraction of sp³-hybridized carbons (Fsp3) is 0.318. The first-order valence-electron chi connectivity index (χ1n) is 9.61. The quantitative estimate of drug-likeness (QED) is 0.563. The Kier molecular flexibility index (Phi) is 8.21. The predicted octanol–water partition coefficient (Wildman–Crippen LogP) is 3.44. The summed E-state index contributed by atoms with van der Waals surface area (Å²) in [5.74, 6) is -0.740. The van der Waals surface area contributed by atoms with Crippen molar-refractivity contribution in [1.82, 2.24) is 5.32 Å². The zero-order chi connectivity index (χ0) is 21.2. The maximum Gasteiger partial charge on any atom is 0.338 e. The van der Waals surface area contributed by atoms with E-state index in [0.717, 1.165) is 12.1 Å². The van der Waals surface area contributed by atoms with Crippen LogP contribution in [0, 0.1) is 0 Å². The molecule has 2 aromatic carbocycles. The first-order valence-corrected chi connectivity index (χ1v) is 9.61. The lowest BCUT2D eigenvalue weighted by Gasteiger charge is -2.10. The number of nitrogens with one attached hydrogen (secondary N) is 3. The lowest BCUT2D eigenvalue weighted by Crippen LogP contribution is -2.30. The van der Waals surface area contributed by atoms with Crippen LogP contribution in [0.15, 0.2) is 48.5 Å². The fourth-order valence-electron chi connectivity index (χ4n) is 2.44. The predicted molar refractivity (Wildman–Crippen MR) is 113 cm³/mol. The van der Waals surface area contributed by atoms with Crippen LogP contribution in [0.5, 0.6) is 0 Å². The summed E-state index contributed by atoms with van der Waals surface area (Å²) >= 11 is 0. The van der Waals surface area contributed by atoms with Gasteiger partial charge in [0.15, 0.2) is 0 Å². The number of anilines is 2. The Labute approximate surface area is 170 Å². The van der Waals surface area contributed by atoms with Gasteiger partial charge in [-0.1, -0.05) is 6.92 Å². The molecule has 0 atom stereocenters. The molecule has 0 spiro atoms. The van der Waals surface area contributed by atoms with Gasteiger partial charge < -0.3 is 20.7 Å². The molecule has 2 aromatic rings. The van der Waals surface area contributed by atoms with E-state index in [1.807, 2.05) is 20.8 Å². The summed E-state index contributed by atoms with van der Waals surface area (Å²) in [6.07, 6.45) is 0.765. The molecule has 0 fully saturated rings. The molecule has 29 heavy (non-hydrogen) atoms. The Morgan fingerprint density at radius 2 is 1.48 bits per heavy atom. The molecule has 7 nitrogen and oxygen atoms in total. The minimum Gasteiger partial charge on any atom is -0.462 e. The Bertz CT molecular complexity index is 830. The molecule has 0 heterocycles. The Morgan fingerprint density at radius 1 is 0.897 bits per heavy atom. The van der Waals surface area contributed by atoms with E-state index in [1.165, 1.54) is 0 Å². The molecule has 154 valence electrons. The van der Waals surface area contributed by atoms with Crippen molar-refractivity contribution < 1.29 is 19.1 Å². The van der Waals surface area contributed by atoms with Crippen LogP contribution >= 0.6 is 0 Å². The molecule has 0 aromatic heterocycles. The van der Waals surface area contributed by atoms with Gasteiger partial charge in [0.25, 0.3) is 5.91 Å². The average molecular weight is 397 g/mol. The van der Waals surface area contributed by atoms with E-state index in [-0.39, 0.29) is 30.4 Å². The van der Waals surface area contributed by atoms with Crippen LogP contribution in [-0.4, -0.2) is 37.0 Å². The van der Waals surface area contributed by atoms with E-state index >= 15 is 0 Å². The Hall–Kier alpha value is -3.35. The zero-order valence-corrected chi connectivity index (χ0v) is 17.0. The second kappa shape index (κ2) is 10.8. The van der Waals surface area contributed by atoms with Crippen molar-refractivity contribution in [3.63, 3.8) is 0 Å². The standard InChI is InChI=1S/C22H27N3O4/c1-4-13-29-22(28)17-7-11-19(12-8-17)25-20(26)14-23-18-9-5-16(6-10-18)21(27)24-15(2)3/h5-12,15,23H,4,13-14H2,1-3H3,(H,24,27)(H,25,26). The van der Waals surface area contributed by atoms with Gasteiger partial charge in [-0.05, 0) is 68.8 Å². The Morgan fingerprint density at radius 3 is 2.07 bits per heavy atom. The minimum atomic E-state index is -0.378. The van der Waals surface area contributed by atoms with Crippen molar-refractivity contribution in [1.29, 1.82) is 0 Å². The summed E-state index contributed by atoms with van der Waals surface area (Å²) in [4.78, 5) is 35.8. The molecule has 3 N–H and O–H groups in total. The summed E-state index contributed by atoms with van der Waals surface area (Å²) in [7, 11) is 0. The summed E-state index contributed by atoms with van der Waals surface area (Å²) in [6, 6.07) is 13.5. The summed E-state index contributed by atoms with van der Waals surface area (Å²) < 4.78 is 5.07. The number of benzene rings is 2. The zero-order valence-electron chi connectivity index (χ0n) is 17.0. The molecule has 0 unspecified atom stereocenters. The van der Waals surface area contributed by atoms with Gasteiger partial charge in [0.1, 0.15) is 0 Å². The lowest BCUT2D eigenvalue weighted by atomic mass is 10.2. The molecule has 0 bridgehead atoms. The highest BCUT2D eigenvalue weighted by Crippen LogP contribution is 2.12. The van der Waals surface area contributed by atoms with E-state index < -0.39 is 0 Å². The van der Waals surface area contributed by atoms with E-state index in [4.69, 9.17) is 4.74 Å². The lowest BCUT2D eigenvalue weighted by molar-refractivity contribution is -0.114. The largest absolute Gasteiger partial charge is 0.462 e. The van der Waals surface area contributed by atoms with Crippen LogP contribution in [0.25, 0.3) is 0 Å². The van der Waals surface area contributed by atoms with Gasteiger partial charge in [0.05, 0.1) is 18.7 Å². The molecule has 2 rings (SSSR count). The van der Waals surface area contributed by atoms with Crippen LogP contribution in [0.2, 0.25) is 0 Å². The van der Waals surface area contributed by atoms with E-state index in [1.54, 1.807) is 48.5 Å². The van der Waals surface area contributed by atoms with E-state index in [2.05, 4.69) is 16.0 Å².